The molecule has 0 radical (unpaired) electrons. The van der Waals surface area contributed by atoms with Crippen molar-refractivity contribution < 1.29 is 4.79 Å². The van der Waals surface area contributed by atoms with Gasteiger partial charge in [0.15, 0.2) is 0 Å². The number of hydrogen-bond acceptors (Lipinski definition) is 1. The average molecular weight is 230 g/mol. The van der Waals surface area contributed by atoms with E-state index < -0.39 is 0 Å². The van der Waals surface area contributed by atoms with Crippen LogP contribution in [0, 0.1) is 0 Å². The maximum atomic E-state index is 11.9. The minimum absolute atomic E-state index is 0.0357. The number of benzene rings is 1. The molecule has 0 fully saturated rings. The maximum absolute atomic E-state index is 11.9. The van der Waals surface area contributed by atoms with Crippen molar-refractivity contribution in [1.29, 1.82) is 0 Å². The molecule has 0 aliphatic carbocycles. The monoisotopic (exact) mass is 230 g/mol. The van der Waals surface area contributed by atoms with Crippen LogP contribution in [0.3, 0.4) is 0 Å². The van der Waals surface area contributed by atoms with Gasteiger partial charge in [0.05, 0.1) is 5.56 Å². The van der Waals surface area contributed by atoms with Crippen LogP contribution in [0.5, 0.6) is 0 Å². The standard InChI is InChI=1S/C14H18N2O/c1-9(2)10-5-6-11-12(14(17)16(3)4)8-15-13(11)7-10/h5-9,15H,1-4H3. The first-order chi connectivity index (χ1) is 8.00. The highest BCUT2D eigenvalue weighted by Gasteiger charge is 2.14. The lowest BCUT2D eigenvalue weighted by atomic mass is 10.0. The van der Waals surface area contributed by atoms with E-state index in [1.165, 1.54) is 5.56 Å². The summed E-state index contributed by atoms with van der Waals surface area (Å²) in [6.45, 7) is 4.33. The number of H-pyrrole nitrogens is 1. The summed E-state index contributed by atoms with van der Waals surface area (Å²) >= 11 is 0. The van der Waals surface area contributed by atoms with E-state index in [1.807, 2.05) is 6.07 Å². The fourth-order valence-electron chi connectivity index (χ4n) is 1.92. The quantitative estimate of drug-likeness (QED) is 0.845. The third-order valence-electron chi connectivity index (χ3n) is 3.01. The van der Waals surface area contributed by atoms with Crippen molar-refractivity contribution in [2.45, 2.75) is 19.8 Å². The van der Waals surface area contributed by atoms with Crippen molar-refractivity contribution in [3.63, 3.8) is 0 Å². The van der Waals surface area contributed by atoms with Crippen LogP contribution in [0.2, 0.25) is 0 Å². The Hall–Kier alpha value is -1.77. The fourth-order valence-corrected chi connectivity index (χ4v) is 1.92. The van der Waals surface area contributed by atoms with Crippen molar-refractivity contribution in [2.75, 3.05) is 14.1 Å². The summed E-state index contributed by atoms with van der Waals surface area (Å²) in [5.41, 5.74) is 3.05. The summed E-state index contributed by atoms with van der Waals surface area (Å²) in [5, 5.41) is 0.994. The maximum Gasteiger partial charge on any atom is 0.255 e. The molecule has 1 aromatic heterocycles. The molecule has 2 aromatic rings. The summed E-state index contributed by atoms with van der Waals surface area (Å²) < 4.78 is 0. The molecule has 0 aliphatic heterocycles. The van der Waals surface area contributed by atoms with Gasteiger partial charge in [0.1, 0.15) is 0 Å². The first-order valence-corrected chi connectivity index (χ1v) is 5.83. The fraction of sp³-hybridized carbons (Fsp3) is 0.357. The summed E-state index contributed by atoms with van der Waals surface area (Å²) in [6.07, 6.45) is 1.79. The molecule has 0 saturated heterocycles. The molecule has 0 unspecified atom stereocenters. The zero-order valence-electron chi connectivity index (χ0n) is 10.7. The van der Waals surface area contributed by atoms with Crippen molar-refractivity contribution in [3.8, 4) is 0 Å². The predicted molar refractivity (Wildman–Crippen MR) is 70.4 cm³/mol. The van der Waals surface area contributed by atoms with Crippen LogP contribution in [-0.4, -0.2) is 29.9 Å². The molecule has 1 heterocycles. The van der Waals surface area contributed by atoms with Gasteiger partial charge in [-0.2, -0.15) is 0 Å². The zero-order chi connectivity index (χ0) is 12.6. The van der Waals surface area contributed by atoms with Crippen LogP contribution in [0.25, 0.3) is 10.9 Å². The van der Waals surface area contributed by atoms with Gasteiger partial charge in [0, 0.05) is 31.2 Å². The second-order valence-corrected chi connectivity index (χ2v) is 4.86. The molecule has 90 valence electrons. The molecule has 1 N–H and O–H groups in total. The van der Waals surface area contributed by atoms with E-state index in [0.717, 1.165) is 16.5 Å². The normalized spacial score (nSPS) is 11.1. The number of aromatic nitrogens is 1. The molecule has 0 saturated carbocycles. The smallest absolute Gasteiger partial charge is 0.255 e. The lowest BCUT2D eigenvalue weighted by molar-refractivity contribution is 0.0829. The topological polar surface area (TPSA) is 36.1 Å². The summed E-state index contributed by atoms with van der Waals surface area (Å²) in [6, 6.07) is 6.23. The third-order valence-corrected chi connectivity index (χ3v) is 3.01. The number of aromatic amines is 1. The van der Waals surface area contributed by atoms with Gasteiger partial charge in [-0.05, 0) is 17.5 Å². The first-order valence-electron chi connectivity index (χ1n) is 5.83. The lowest BCUT2D eigenvalue weighted by Crippen LogP contribution is -2.21. The molecule has 3 heteroatoms. The van der Waals surface area contributed by atoms with Crippen LogP contribution in [-0.2, 0) is 0 Å². The molecule has 0 aliphatic rings. The Morgan fingerprint density at radius 3 is 2.59 bits per heavy atom. The Morgan fingerprint density at radius 2 is 2.00 bits per heavy atom. The highest BCUT2D eigenvalue weighted by Crippen LogP contribution is 2.24. The largest absolute Gasteiger partial charge is 0.360 e. The minimum Gasteiger partial charge on any atom is -0.360 e. The van der Waals surface area contributed by atoms with Gasteiger partial charge < -0.3 is 9.88 Å². The summed E-state index contributed by atoms with van der Waals surface area (Å²) in [4.78, 5) is 16.7. The Morgan fingerprint density at radius 1 is 1.29 bits per heavy atom. The van der Waals surface area contributed by atoms with Gasteiger partial charge in [-0.1, -0.05) is 26.0 Å². The van der Waals surface area contributed by atoms with Crippen molar-refractivity contribution >= 4 is 16.8 Å². The number of rotatable bonds is 2. The van der Waals surface area contributed by atoms with Crippen LogP contribution < -0.4 is 0 Å². The highest BCUT2D eigenvalue weighted by atomic mass is 16.2. The van der Waals surface area contributed by atoms with Gasteiger partial charge >= 0.3 is 0 Å². The number of amides is 1. The Bertz CT molecular complexity index is 552. The van der Waals surface area contributed by atoms with E-state index in [1.54, 1.807) is 25.2 Å². The molecule has 2 rings (SSSR count). The number of carbonyl (C=O) groups excluding carboxylic acids is 1. The molecule has 1 aromatic carbocycles. The first kappa shape index (κ1) is 11.7. The predicted octanol–water partition coefficient (Wildman–Crippen LogP) is 2.99. The van der Waals surface area contributed by atoms with Crippen LogP contribution >= 0.6 is 0 Å². The molecule has 0 spiro atoms. The number of hydrogen-bond donors (Lipinski definition) is 1. The van der Waals surface area contributed by atoms with Crippen molar-refractivity contribution in [3.05, 3.63) is 35.5 Å². The van der Waals surface area contributed by atoms with Gasteiger partial charge in [-0.3, -0.25) is 4.79 Å². The average Bonchev–Trinajstić information content (AvgIpc) is 2.70. The van der Waals surface area contributed by atoms with Crippen molar-refractivity contribution in [2.24, 2.45) is 0 Å². The zero-order valence-corrected chi connectivity index (χ0v) is 10.7. The van der Waals surface area contributed by atoms with Crippen LogP contribution in [0.4, 0.5) is 0 Å². The van der Waals surface area contributed by atoms with E-state index >= 15 is 0 Å². The number of fused-ring (bicyclic) bond motifs is 1. The van der Waals surface area contributed by atoms with Gasteiger partial charge in [-0.15, -0.1) is 0 Å². The Balaban J connectivity index is 2.52. The molecular formula is C14H18N2O. The van der Waals surface area contributed by atoms with E-state index in [0.29, 0.717) is 5.92 Å². The lowest BCUT2D eigenvalue weighted by Gasteiger charge is -2.09. The van der Waals surface area contributed by atoms with E-state index in [-0.39, 0.29) is 5.91 Å². The molecule has 3 nitrogen and oxygen atoms in total. The Labute approximate surface area is 101 Å². The van der Waals surface area contributed by atoms with E-state index in [4.69, 9.17) is 0 Å². The molecule has 17 heavy (non-hydrogen) atoms. The van der Waals surface area contributed by atoms with Gasteiger partial charge in [0.25, 0.3) is 5.91 Å². The summed E-state index contributed by atoms with van der Waals surface area (Å²) in [7, 11) is 3.54. The van der Waals surface area contributed by atoms with E-state index in [2.05, 4.69) is 31.0 Å². The van der Waals surface area contributed by atoms with Gasteiger partial charge in [0.2, 0.25) is 0 Å². The van der Waals surface area contributed by atoms with Crippen LogP contribution in [0.15, 0.2) is 24.4 Å². The molecule has 1 amide bonds. The second kappa shape index (κ2) is 4.24. The van der Waals surface area contributed by atoms with E-state index in [9.17, 15) is 4.79 Å². The van der Waals surface area contributed by atoms with Crippen molar-refractivity contribution in [1.82, 2.24) is 9.88 Å². The van der Waals surface area contributed by atoms with Gasteiger partial charge in [-0.25, -0.2) is 0 Å². The minimum atomic E-state index is 0.0357. The molecular weight excluding hydrogens is 212 g/mol. The second-order valence-electron chi connectivity index (χ2n) is 4.86. The number of nitrogens with zero attached hydrogens (tertiary/aromatic N) is 1. The molecule has 0 atom stereocenters. The summed E-state index contributed by atoms with van der Waals surface area (Å²) in [5.74, 6) is 0.532. The Kier molecular flexibility index (Phi) is 2.92. The molecule has 0 bridgehead atoms. The van der Waals surface area contributed by atoms with Crippen LogP contribution in [0.1, 0.15) is 35.7 Å². The number of carbonyl (C=O) groups is 1. The number of nitrogens with one attached hydrogen (secondary N) is 1. The third kappa shape index (κ3) is 2.05. The SMILES string of the molecule is CC(C)c1ccc2c(C(=O)N(C)C)c[nH]c2c1. The highest BCUT2D eigenvalue weighted by molar-refractivity contribution is 6.06.